The first-order valence-electron chi connectivity index (χ1n) is 5.72. The molecule has 0 aliphatic carbocycles. The number of rotatable bonds is 2. The molecule has 1 heterocycles. The van der Waals surface area contributed by atoms with Crippen LogP contribution >= 0.6 is 0 Å². The summed E-state index contributed by atoms with van der Waals surface area (Å²) in [5.74, 6) is 0.815. The van der Waals surface area contributed by atoms with Crippen LogP contribution in [0.4, 0.5) is 5.82 Å². The van der Waals surface area contributed by atoms with Crippen molar-refractivity contribution in [3.05, 3.63) is 66.2 Å². The van der Waals surface area contributed by atoms with E-state index in [0.717, 1.165) is 12.4 Å². The molecule has 0 unspecified atom stereocenters. The lowest BCUT2D eigenvalue weighted by atomic mass is 10.2. The highest BCUT2D eigenvalue weighted by molar-refractivity contribution is 5.84. The Balaban J connectivity index is 2.08. The number of hydrogen-bond acceptors (Lipinski definition) is 1. The topological polar surface area (TPSA) is 30.9 Å². The van der Waals surface area contributed by atoms with Gasteiger partial charge in [0.05, 0.1) is 5.52 Å². The van der Waals surface area contributed by atoms with Gasteiger partial charge in [0.2, 0.25) is 0 Å². The van der Waals surface area contributed by atoms with E-state index in [4.69, 9.17) is 5.73 Å². The average Bonchev–Trinajstić information content (AvgIpc) is 2.68. The van der Waals surface area contributed by atoms with Crippen LogP contribution in [0.15, 0.2) is 60.7 Å². The zero-order valence-corrected chi connectivity index (χ0v) is 9.51. The highest BCUT2D eigenvalue weighted by Gasteiger charge is 2.05. The molecule has 0 saturated carbocycles. The van der Waals surface area contributed by atoms with Gasteiger partial charge < -0.3 is 10.3 Å². The van der Waals surface area contributed by atoms with Crippen molar-refractivity contribution >= 4 is 16.7 Å². The number of anilines is 1. The molecule has 0 amide bonds. The first kappa shape index (κ1) is 9.97. The van der Waals surface area contributed by atoms with Crippen LogP contribution in [-0.4, -0.2) is 4.57 Å². The van der Waals surface area contributed by atoms with Crippen LogP contribution in [0, 0.1) is 0 Å². The van der Waals surface area contributed by atoms with Gasteiger partial charge in [-0.25, -0.2) is 0 Å². The summed E-state index contributed by atoms with van der Waals surface area (Å²) in [5.41, 5.74) is 8.52. The summed E-state index contributed by atoms with van der Waals surface area (Å²) in [5, 5.41) is 1.20. The van der Waals surface area contributed by atoms with E-state index in [1.807, 2.05) is 24.3 Å². The fourth-order valence-electron chi connectivity index (χ4n) is 2.17. The van der Waals surface area contributed by atoms with E-state index >= 15 is 0 Å². The molecule has 2 N–H and O–H groups in total. The Bertz CT molecular complexity index is 638. The van der Waals surface area contributed by atoms with Gasteiger partial charge in [-0.05, 0) is 17.7 Å². The minimum atomic E-state index is 0.815. The lowest BCUT2D eigenvalue weighted by Gasteiger charge is -2.07. The first-order valence-corrected chi connectivity index (χ1v) is 5.72. The minimum Gasteiger partial charge on any atom is -0.385 e. The fraction of sp³-hybridized carbons (Fsp3) is 0.0667. The Morgan fingerprint density at radius 1 is 0.882 bits per heavy atom. The van der Waals surface area contributed by atoms with Crippen LogP contribution in [0.3, 0.4) is 0 Å². The van der Waals surface area contributed by atoms with Gasteiger partial charge in [-0.2, -0.15) is 0 Å². The van der Waals surface area contributed by atoms with Crippen LogP contribution in [-0.2, 0) is 6.54 Å². The normalized spacial score (nSPS) is 10.8. The lowest BCUT2D eigenvalue weighted by Crippen LogP contribution is -2.03. The Morgan fingerprint density at radius 3 is 2.41 bits per heavy atom. The van der Waals surface area contributed by atoms with Crippen molar-refractivity contribution in [2.75, 3.05) is 5.73 Å². The van der Waals surface area contributed by atoms with Crippen molar-refractivity contribution in [3.63, 3.8) is 0 Å². The molecule has 3 aromatic rings. The maximum absolute atomic E-state index is 6.06. The molecule has 0 atom stereocenters. The van der Waals surface area contributed by atoms with Gasteiger partial charge in [0.15, 0.2) is 0 Å². The maximum Gasteiger partial charge on any atom is 0.104 e. The number of aromatic nitrogens is 1. The third kappa shape index (κ3) is 1.78. The molecule has 1 aromatic heterocycles. The molecular formula is C15H14N2. The largest absolute Gasteiger partial charge is 0.385 e. The van der Waals surface area contributed by atoms with Gasteiger partial charge >= 0.3 is 0 Å². The second-order valence-corrected chi connectivity index (χ2v) is 4.20. The molecule has 0 bridgehead atoms. The third-order valence-electron chi connectivity index (χ3n) is 3.03. The van der Waals surface area contributed by atoms with Gasteiger partial charge in [-0.3, -0.25) is 0 Å². The molecule has 0 aliphatic heterocycles. The SMILES string of the molecule is Nc1cc2ccccc2n1Cc1ccccc1. The Kier molecular flexibility index (Phi) is 2.33. The van der Waals surface area contributed by atoms with Gasteiger partial charge in [0.1, 0.15) is 5.82 Å². The molecule has 0 fully saturated rings. The zero-order valence-electron chi connectivity index (χ0n) is 9.51. The molecule has 17 heavy (non-hydrogen) atoms. The second kappa shape index (κ2) is 3.98. The lowest BCUT2D eigenvalue weighted by molar-refractivity contribution is 0.848. The summed E-state index contributed by atoms with van der Waals surface area (Å²) >= 11 is 0. The van der Waals surface area contributed by atoms with E-state index in [2.05, 4.69) is 41.0 Å². The molecule has 0 aliphatic rings. The number of benzene rings is 2. The Hall–Kier alpha value is -2.22. The van der Waals surface area contributed by atoms with Crippen LogP contribution in [0.1, 0.15) is 5.56 Å². The molecule has 0 radical (unpaired) electrons. The Labute approximate surface area is 100 Å². The van der Waals surface area contributed by atoms with Gasteiger partial charge in [0, 0.05) is 11.9 Å². The maximum atomic E-state index is 6.06. The quantitative estimate of drug-likeness (QED) is 0.708. The van der Waals surface area contributed by atoms with Crippen LogP contribution < -0.4 is 5.73 Å². The van der Waals surface area contributed by atoms with Crippen molar-refractivity contribution in [3.8, 4) is 0 Å². The minimum absolute atomic E-state index is 0.815. The van der Waals surface area contributed by atoms with E-state index in [9.17, 15) is 0 Å². The predicted molar refractivity (Wildman–Crippen MR) is 71.9 cm³/mol. The summed E-state index contributed by atoms with van der Waals surface area (Å²) < 4.78 is 2.14. The molecule has 0 spiro atoms. The number of fused-ring (bicyclic) bond motifs is 1. The third-order valence-corrected chi connectivity index (χ3v) is 3.03. The van der Waals surface area contributed by atoms with Gasteiger partial charge in [-0.1, -0.05) is 48.5 Å². The summed E-state index contributed by atoms with van der Waals surface area (Å²) in [6.45, 7) is 0.820. The number of nitrogens with two attached hydrogens (primary N) is 1. The van der Waals surface area contributed by atoms with E-state index in [1.165, 1.54) is 16.5 Å². The van der Waals surface area contributed by atoms with Crippen LogP contribution in [0.5, 0.6) is 0 Å². The van der Waals surface area contributed by atoms with Crippen molar-refractivity contribution in [2.45, 2.75) is 6.54 Å². The number of hydrogen-bond donors (Lipinski definition) is 1. The molecule has 2 aromatic carbocycles. The summed E-state index contributed by atoms with van der Waals surface area (Å²) in [7, 11) is 0. The standard InChI is InChI=1S/C15H14N2/c16-15-10-13-8-4-5-9-14(13)17(15)11-12-6-2-1-3-7-12/h1-10H,11,16H2. The molecule has 2 heteroatoms. The molecule has 0 saturated heterocycles. The number of nitrogen functional groups attached to an aromatic ring is 1. The van der Waals surface area contributed by atoms with Crippen molar-refractivity contribution in [2.24, 2.45) is 0 Å². The van der Waals surface area contributed by atoms with Crippen LogP contribution in [0.25, 0.3) is 10.9 Å². The summed E-state index contributed by atoms with van der Waals surface area (Å²) in [6.07, 6.45) is 0. The van der Waals surface area contributed by atoms with Crippen molar-refractivity contribution in [1.82, 2.24) is 4.57 Å². The smallest absolute Gasteiger partial charge is 0.104 e. The van der Waals surface area contributed by atoms with E-state index in [0.29, 0.717) is 0 Å². The average molecular weight is 222 g/mol. The fourth-order valence-corrected chi connectivity index (χ4v) is 2.17. The van der Waals surface area contributed by atoms with E-state index in [1.54, 1.807) is 0 Å². The summed E-state index contributed by atoms with van der Waals surface area (Å²) in [6, 6.07) is 20.7. The zero-order chi connectivity index (χ0) is 11.7. The molecular weight excluding hydrogens is 208 g/mol. The second-order valence-electron chi connectivity index (χ2n) is 4.20. The summed E-state index contributed by atoms with van der Waals surface area (Å²) in [4.78, 5) is 0. The van der Waals surface area contributed by atoms with Crippen LogP contribution in [0.2, 0.25) is 0 Å². The molecule has 2 nitrogen and oxygen atoms in total. The molecule has 84 valence electrons. The van der Waals surface area contributed by atoms with Crippen molar-refractivity contribution < 1.29 is 0 Å². The van der Waals surface area contributed by atoms with Crippen molar-refractivity contribution in [1.29, 1.82) is 0 Å². The first-order chi connectivity index (χ1) is 8.34. The predicted octanol–water partition coefficient (Wildman–Crippen LogP) is 3.27. The Morgan fingerprint density at radius 2 is 1.59 bits per heavy atom. The number of para-hydroxylation sites is 1. The monoisotopic (exact) mass is 222 g/mol. The van der Waals surface area contributed by atoms with Gasteiger partial charge in [0.25, 0.3) is 0 Å². The van der Waals surface area contributed by atoms with E-state index < -0.39 is 0 Å². The highest BCUT2D eigenvalue weighted by atomic mass is 15.0. The highest BCUT2D eigenvalue weighted by Crippen LogP contribution is 2.22. The van der Waals surface area contributed by atoms with Gasteiger partial charge in [-0.15, -0.1) is 0 Å². The van der Waals surface area contributed by atoms with E-state index in [-0.39, 0.29) is 0 Å². The molecule has 3 rings (SSSR count). The number of nitrogens with zero attached hydrogens (tertiary/aromatic N) is 1.